The topological polar surface area (TPSA) is 29.5 Å². The van der Waals surface area contributed by atoms with Crippen molar-refractivity contribution in [3.63, 3.8) is 0 Å². The van der Waals surface area contributed by atoms with Gasteiger partial charge in [0.15, 0.2) is 0 Å². The molecule has 0 amide bonds. The Kier molecular flexibility index (Phi) is 3.09. The average Bonchev–Trinajstić information content (AvgIpc) is 2.16. The molecule has 0 aliphatic rings. The van der Waals surface area contributed by atoms with Gasteiger partial charge in [0.05, 0.1) is 7.11 Å². The molecule has 1 aromatic rings. The van der Waals surface area contributed by atoms with Gasteiger partial charge in [0, 0.05) is 5.56 Å². The van der Waals surface area contributed by atoms with Gasteiger partial charge >= 0.3 is 0 Å². The molecule has 0 heterocycles. The van der Waals surface area contributed by atoms with Crippen LogP contribution in [0.5, 0.6) is 5.75 Å². The predicted octanol–water partition coefficient (Wildman–Crippen LogP) is 2.30. The molecule has 0 spiro atoms. The van der Waals surface area contributed by atoms with Crippen molar-refractivity contribution in [3.8, 4) is 5.75 Å². The van der Waals surface area contributed by atoms with Gasteiger partial charge in [-0.2, -0.15) is 0 Å². The smallest absolute Gasteiger partial charge is 0.124 e. The first-order valence-corrected chi connectivity index (χ1v) is 4.13. The average molecular weight is 178 g/mol. The lowest BCUT2D eigenvalue weighted by molar-refractivity contribution is 0.211. The van der Waals surface area contributed by atoms with Gasteiger partial charge in [-0.25, -0.2) is 0 Å². The van der Waals surface area contributed by atoms with Crippen LogP contribution in [0.4, 0.5) is 0 Å². The first-order valence-electron chi connectivity index (χ1n) is 4.13. The summed E-state index contributed by atoms with van der Waals surface area (Å²) in [5.74, 6) is 0.693. The van der Waals surface area contributed by atoms with E-state index >= 15 is 0 Å². The third-order valence-electron chi connectivity index (χ3n) is 1.90. The van der Waals surface area contributed by atoms with Gasteiger partial charge in [0.25, 0.3) is 0 Å². The van der Waals surface area contributed by atoms with E-state index < -0.39 is 6.10 Å². The minimum absolute atomic E-state index is 0.642. The molecule has 1 atom stereocenters. The molecule has 2 heteroatoms. The van der Waals surface area contributed by atoms with Gasteiger partial charge in [0.1, 0.15) is 11.9 Å². The van der Waals surface area contributed by atoms with Crippen molar-refractivity contribution < 1.29 is 9.84 Å². The normalized spacial score (nSPS) is 12.2. The van der Waals surface area contributed by atoms with Crippen LogP contribution >= 0.6 is 0 Å². The molecule has 0 fully saturated rings. The number of aliphatic hydroxyl groups is 1. The molecule has 1 N–H and O–H groups in total. The van der Waals surface area contributed by atoms with Crippen LogP contribution in [-0.4, -0.2) is 12.2 Å². The van der Waals surface area contributed by atoms with Crippen molar-refractivity contribution in [1.29, 1.82) is 0 Å². The van der Waals surface area contributed by atoms with Crippen molar-refractivity contribution in [3.05, 3.63) is 42.0 Å². The maximum Gasteiger partial charge on any atom is 0.124 e. The molecule has 0 aliphatic heterocycles. The molecule has 0 aliphatic carbocycles. The van der Waals surface area contributed by atoms with Gasteiger partial charge in [-0.15, -0.1) is 0 Å². The van der Waals surface area contributed by atoms with Crippen molar-refractivity contribution >= 4 is 0 Å². The number of benzene rings is 1. The number of hydrogen-bond acceptors (Lipinski definition) is 2. The second-order valence-electron chi connectivity index (χ2n) is 2.99. The van der Waals surface area contributed by atoms with E-state index in [1.165, 1.54) is 0 Å². The number of hydrogen-bond donors (Lipinski definition) is 1. The fourth-order valence-corrected chi connectivity index (χ4v) is 1.16. The predicted molar refractivity (Wildman–Crippen MR) is 52.8 cm³/mol. The lowest BCUT2D eigenvalue weighted by Gasteiger charge is -2.13. The van der Waals surface area contributed by atoms with E-state index in [4.69, 9.17) is 4.74 Å². The quantitative estimate of drug-likeness (QED) is 0.720. The van der Waals surface area contributed by atoms with E-state index in [9.17, 15) is 5.11 Å². The fourth-order valence-electron chi connectivity index (χ4n) is 1.16. The Morgan fingerprint density at radius 3 is 2.62 bits per heavy atom. The molecule has 0 bridgehead atoms. The standard InChI is InChI=1S/C11H14O2/c1-8(2)11(12)9-6-4-5-7-10(9)13-3/h4-7,11-12H,1H2,2-3H3. The minimum Gasteiger partial charge on any atom is -0.496 e. The summed E-state index contributed by atoms with van der Waals surface area (Å²) in [5.41, 5.74) is 1.47. The zero-order valence-electron chi connectivity index (χ0n) is 7.95. The van der Waals surface area contributed by atoms with Gasteiger partial charge in [-0.05, 0) is 18.6 Å². The summed E-state index contributed by atoms with van der Waals surface area (Å²) >= 11 is 0. The maximum atomic E-state index is 9.73. The molecule has 0 radical (unpaired) electrons. The highest BCUT2D eigenvalue weighted by molar-refractivity contribution is 5.37. The third kappa shape index (κ3) is 2.10. The Balaban J connectivity index is 3.05. The van der Waals surface area contributed by atoms with Crippen LogP contribution in [0.25, 0.3) is 0 Å². The number of ether oxygens (including phenoxy) is 1. The largest absolute Gasteiger partial charge is 0.496 e. The van der Waals surface area contributed by atoms with Crippen LogP contribution in [0.1, 0.15) is 18.6 Å². The highest BCUT2D eigenvalue weighted by Crippen LogP contribution is 2.28. The van der Waals surface area contributed by atoms with Crippen LogP contribution in [0, 0.1) is 0 Å². The maximum absolute atomic E-state index is 9.73. The SMILES string of the molecule is C=C(C)C(O)c1ccccc1OC. The van der Waals surface area contributed by atoms with Gasteiger partial charge in [-0.1, -0.05) is 24.8 Å². The summed E-state index contributed by atoms with van der Waals surface area (Å²) in [4.78, 5) is 0. The lowest BCUT2D eigenvalue weighted by atomic mass is 10.0. The molecule has 0 saturated heterocycles. The van der Waals surface area contributed by atoms with Crippen LogP contribution in [0.3, 0.4) is 0 Å². The van der Waals surface area contributed by atoms with E-state index in [1.54, 1.807) is 14.0 Å². The second-order valence-corrected chi connectivity index (χ2v) is 2.99. The summed E-state index contributed by atoms with van der Waals surface area (Å²) in [6.07, 6.45) is -0.642. The van der Waals surface area contributed by atoms with Crippen LogP contribution < -0.4 is 4.74 Å². The molecular weight excluding hydrogens is 164 g/mol. The van der Waals surface area contributed by atoms with Crippen molar-refractivity contribution in [2.45, 2.75) is 13.0 Å². The van der Waals surface area contributed by atoms with E-state index in [0.29, 0.717) is 11.3 Å². The van der Waals surface area contributed by atoms with Crippen LogP contribution in [0.2, 0.25) is 0 Å². The zero-order valence-corrected chi connectivity index (χ0v) is 7.95. The Morgan fingerprint density at radius 1 is 1.46 bits per heavy atom. The number of methoxy groups -OCH3 is 1. The minimum atomic E-state index is -0.642. The van der Waals surface area contributed by atoms with Crippen LogP contribution in [0.15, 0.2) is 36.4 Å². The summed E-state index contributed by atoms with van der Waals surface area (Å²) in [6, 6.07) is 7.39. The third-order valence-corrected chi connectivity index (χ3v) is 1.90. The van der Waals surface area contributed by atoms with E-state index in [-0.39, 0.29) is 0 Å². The lowest BCUT2D eigenvalue weighted by Crippen LogP contribution is -2.00. The monoisotopic (exact) mass is 178 g/mol. The molecular formula is C11H14O2. The Bertz CT molecular complexity index is 305. The summed E-state index contributed by atoms with van der Waals surface area (Å²) in [7, 11) is 1.59. The fraction of sp³-hybridized carbons (Fsp3) is 0.273. The van der Waals surface area contributed by atoms with E-state index in [1.807, 2.05) is 24.3 Å². The van der Waals surface area contributed by atoms with Gasteiger partial charge in [0.2, 0.25) is 0 Å². The molecule has 1 aromatic carbocycles. The summed E-state index contributed by atoms with van der Waals surface area (Å²) in [5, 5.41) is 9.73. The Hall–Kier alpha value is -1.28. The second kappa shape index (κ2) is 4.10. The molecule has 1 rings (SSSR count). The van der Waals surface area contributed by atoms with Crippen molar-refractivity contribution in [1.82, 2.24) is 0 Å². The Morgan fingerprint density at radius 2 is 2.08 bits per heavy atom. The summed E-state index contributed by atoms with van der Waals surface area (Å²) in [6.45, 7) is 5.49. The zero-order chi connectivity index (χ0) is 9.84. The van der Waals surface area contributed by atoms with Crippen molar-refractivity contribution in [2.75, 3.05) is 7.11 Å². The molecule has 70 valence electrons. The molecule has 0 aromatic heterocycles. The molecule has 0 saturated carbocycles. The highest BCUT2D eigenvalue weighted by Gasteiger charge is 2.12. The number of rotatable bonds is 3. The number of aliphatic hydroxyl groups excluding tert-OH is 1. The van der Waals surface area contributed by atoms with E-state index in [2.05, 4.69) is 6.58 Å². The first-order chi connectivity index (χ1) is 6.16. The Labute approximate surface area is 78.5 Å². The van der Waals surface area contributed by atoms with E-state index in [0.717, 1.165) is 5.56 Å². The van der Waals surface area contributed by atoms with Crippen LogP contribution in [-0.2, 0) is 0 Å². The molecule has 1 unspecified atom stereocenters. The highest BCUT2D eigenvalue weighted by atomic mass is 16.5. The number of para-hydroxylation sites is 1. The molecule has 2 nitrogen and oxygen atoms in total. The molecule has 13 heavy (non-hydrogen) atoms. The van der Waals surface area contributed by atoms with Crippen molar-refractivity contribution in [2.24, 2.45) is 0 Å². The first kappa shape index (κ1) is 9.81. The van der Waals surface area contributed by atoms with Gasteiger partial charge in [-0.3, -0.25) is 0 Å². The van der Waals surface area contributed by atoms with Gasteiger partial charge < -0.3 is 9.84 Å². The summed E-state index contributed by atoms with van der Waals surface area (Å²) < 4.78 is 5.12.